The number of methoxy groups -OCH3 is 2. The second-order valence-electron chi connectivity index (χ2n) is 5.71. The number of anilines is 1. The maximum Gasteiger partial charge on any atom is 0.244 e. The van der Waals surface area contributed by atoms with Crippen LogP contribution in [0.1, 0.15) is 12.8 Å². The van der Waals surface area contributed by atoms with Gasteiger partial charge in [-0.25, -0.2) is 13.4 Å². The number of carbonyl (C=O) groups is 1. The van der Waals surface area contributed by atoms with Gasteiger partial charge in [-0.1, -0.05) is 11.3 Å². The Morgan fingerprint density at radius 3 is 2.64 bits per heavy atom. The van der Waals surface area contributed by atoms with Crippen LogP contribution in [0.3, 0.4) is 0 Å². The molecule has 10 heteroatoms. The fourth-order valence-electron chi connectivity index (χ4n) is 2.90. The van der Waals surface area contributed by atoms with Gasteiger partial charge in [0.25, 0.3) is 0 Å². The van der Waals surface area contributed by atoms with Gasteiger partial charge in [-0.3, -0.25) is 4.79 Å². The summed E-state index contributed by atoms with van der Waals surface area (Å²) < 4.78 is 36.2. The number of hydrogen-bond donors (Lipinski definition) is 1. The number of fused-ring (bicyclic) bond motifs is 1. The molecule has 1 unspecified atom stereocenters. The smallest absolute Gasteiger partial charge is 0.244 e. The van der Waals surface area contributed by atoms with Crippen molar-refractivity contribution in [2.45, 2.75) is 18.9 Å². The standard InChI is InChI=1S/C15H19N3O5S2/c1-22-11-7-9-13(8-12(11)23-2)24-15(16-9)17-14(19)10-5-4-6-18(10)25(3,20)21/h7-8,10H,4-6H2,1-3H3,(H,16,17,19). The number of benzene rings is 1. The Hall–Kier alpha value is -1.91. The number of ether oxygens (including phenoxy) is 2. The highest BCUT2D eigenvalue weighted by molar-refractivity contribution is 7.88. The van der Waals surface area contributed by atoms with Crippen molar-refractivity contribution < 1.29 is 22.7 Å². The average molecular weight is 385 g/mol. The molecule has 1 fully saturated rings. The first-order valence-electron chi connectivity index (χ1n) is 7.63. The summed E-state index contributed by atoms with van der Waals surface area (Å²) in [6, 6.07) is 2.84. The monoisotopic (exact) mass is 385 g/mol. The molecule has 1 amide bonds. The van der Waals surface area contributed by atoms with Crippen LogP contribution in [0.25, 0.3) is 10.2 Å². The van der Waals surface area contributed by atoms with Gasteiger partial charge in [-0.15, -0.1) is 0 Å². The van der Waals surface area contributed by atoms with Crippen molar-refractivity contribution in [3.63, 3.8) is 0 Å². The third-order valence-corrected chi connectivity index (χ3v) is 6.28. The van der Waals surface area contributed by atoms with Crippen LogP contribution in [0.2, 0.25) is 0 Å². The van der Waals surface area contributed by atoms with Crippen LogP contribution in [0, 0.1) is 0 Å². The molecule has 136 valence electrons. The summed E-state index contributed by atoms with van der Waals surface area (Å²) in [6.07, 6.45) is 2.29. The number of rotatable bonds is 5. The topological polar surface area (TPSA) is 97.8 Å². The normalized spacial score (nSPS) is 18.4. The van der Waals surface area contributed by atoms with E-state index in [1.807, 2.05) is 0 Å². The number of nitrogens with zero attached hydrogens (tertiary/aromatic N) is 2. The summed E-state index contributed by atoms with van der Waals surface area (Å²) in [5.74, 6) is 0.772. The maximum absolute atomic E-state index is 12.5. The quantitative estimate of drug-likeness (QED) is 0.841. The first-order valence-corrected chi connectivity index (χ1v) is 10.3. The van der Waals surface area contributed by atoms with E-state index in [0.29, 0.717) is 41.5 Å². The van der Waals surface area contributed by atoms with E-state index < -0.39 is 16.1 Å². The van der Waals surface area contributed by atoms with E-state index in [-0.39, 0.29) is 5.91 Å². The molecule has 1 N–H and O–H groups in total. The Balaban J connectivity index is 1.84. The SMILES string of the molecule is COc1cc2nc(NC(=O)C3CCCN3S(C)(=O)=O)sc2cc1OC. The fraction of sp³-hybridized carbons (Fsp3) is 0.467. The number of thiazole rings is 1. The molecule has 0 radical (unpaired) electrons. The molecular formula is C15H19N3O5S2. The van der Waals surface area contributed by atoms with E-state index in [4.69, 9.17) is 9.47 Å². The molecule has 25 heavy (non-hydrogen) atoms. The molecule has 0 aliphatic carbocycles. The number of hydrogen-bond acceptors (Lipinski definition) is 7. The fourth-order valence-corrected chi connectivity index (χ4v) is 4.90. The van der Waals surface area contributed by atoms with Crippen molar-refractivity contribution >= 4 is 42.6 Å². The molecule has 2 heterocycles. The number of amides is 1. The van der Waals surface area contributed by atoms with Crippen LogP contribution in [0.5, 0.6) is 11.5 Å². The van der Waals surface area contributed by atoms with Crippen LogP contribution >= 0.6 is 11.3 Å². The predicted molar refractivity (Wildman–Crippen MR) is 95.9 cm³/mol. The minimum absolute atomic E-state index is 0.360. The minimum atomic E-state index is -3.41. The van der Waals surface area contributed by atoms with Crippen LogP contribution < -0.4 is 14.8 Å². The van der Waals surface area contributed by atoms with E-state index >= 15 is 0 Å². The molecule has 0 spiro atoms. The van der Waals surface area contributed by atoms with Gasteiger partial charge in [0, 0.05) is 18.7 Å². The Labute approximate surface area is 149 Å². The summed E-state index contributed by atoms with van der Waals surface area (Å²) in [7, 11) is -0.320. The van der Waals surface area contributed by atoms with Crippen LogP contribution in [0.4, 0.5) is 5.13 Å². The lowest BCUT2D eigenvalue weighted by molar-refractivity contribution is -0.119. The second kappa shape index (κ2) is 6.77. The van der Waals surface area contributed by atoms with Gasteiger partial charge in [-0.05, 0) is 12.8 Å². The van der Waals surface area contributed by atoms with Crippen molar-refractivity contribution in [1.29, 1.82) is 0 Å². The third-order valence-electron chi connectivity index (χ3n) is 4.06. The Bertz CT molecular complexity index is 868. The summed E-state index contributed by atoms with van der Waals surface area (Å²) in [5, 5.41) is 3.14. The summed E-state index contributed by atoms with van der Waals surface area (Å²) in [4.78, 5) is 16.9. The van der Waals surface area contributed by atoms with Crippen LogP contribution in [-0.4, -0.2) is 56.7 Å². The molecule has 1 aliphatic heterocycles. The van der Waals surface area contributed by atoms with Gasteiger partial charge >= 0.3 is 0 Å². The van der Waals surface area contributed by atoms with E-state index in [9.17, 15) is 13.2 Å². The van der Waals surface area contributed by atoms with Gasteiger partial charge in [0.05, 0.1) is 30.7 Å². The highest BCUT2D eigenvalue weighted by Gasteiger charge is 2.36. The zero-order chi connectivity index (χ0) is 18.2. The van der Waals surface area contributed by atoms with Gasteiger partial charge in [0.15, 0.2) is 16.6 Å². The van der Waals surface area contributed by atoms with Crippen molar-refractivity contribution in [3.05, 3.63) is 12.1 Å². The first kappa shape index (κ1) is 17.9. The number of sulfonamides is 1. The van der Waals surface area contributed by atoms with E-state index in [2.05, 4.69) is 10.3 Å². The zero-order valence-corrected chi connectivity index (χ0v) is 15.7. The summed E-state index contributed by atoms with van der Waals surface area (Å²) in [6.45, 7) is 0.366. The lowest BCUT2D eigenvalue weighted by atomic mass is 10.2. The highest BCUT2D eigenvalue weighted by Crippen LogP contribution is 2.36. The molecular weight excluding hydrogens is 366 g/mol. The number of carbonyl (C=O) groups excluding carboxylic acids is 1. The summed E-state index contributed by atoms with van der Waals surface area (Å²) in [5.41, 5.74) is 0.671. The first-order chi connectivity index (χ1) is 11.8. The number of nitrogens with one attached hydrogen (secondary N) is 1. The second-order valence-corrected chi connectivity index (χ2v) is 8.68. The Kier molecular flexibility index (Phi) is 4.85. The Morgan fingerprint density at radius 1 is 1.32 bits per heavy atom. The molecule has 1 aromatic carbocycles. The molecule has 8 nitrogen and oxygen atoms in total. The van der Waals surface area contributed by atoms with Gasteiger partial charge in [0.1, 0.15) is 6.04 Å². The largest absolute Gasteiger partial charge is 0.493 e. The minimum Gasteiger partial charge on any atom is -0.493 e. The van der Waals surface area contributed by atoms with E-state index in [1.165, 1.54) is 15.6 Å². The lowest BCUT2D eigenvalue weighted by Crippen LogP contribution is -2.42. The molecule has 1 aromatic heterocycles. The third kappa shape index (κ3) is 3.55. The van der Waals surface area contributed by atoms with E-state index in [1.54, 1.807) is 26.4 Å². The zero-order valence-electron chi connectivity index (χ0n) is 14.1. The van der Waals surface area contributed by atoms with Gasteiger partial charge in [-0.2, -0.15) is 4.31 Å². The van der Waals surface area contributed by atoms with Crippen LogP contribution in [-0.2, 0) is 14.8 Å². The summed E-state index contributed by atoms with van der Waals surface area (Å²) >= 11 is 1.30. The molecule has 1 atom stereocenters. The Morgan fingerprint density at radius 2 is 2.00 bits per heavy atom. The van der Waals surface area contributed by atoms with Crippen LogP contribution in [0.15, 0.2) is 12.1 Å². The molecule has 3 rings (SSSR count). The highest BCUT2D eigenvalue weighted by atomic mass is 32.2. The van der Waals surface area contributed by atoms with Gasteiger partial charge in [0.2, 0.25) is 15.9 Å². The predicted octanol–water partition coefficient (Wildman–Crippen LogP) is 1.68. The average Bonchev–Trinajstić information content (AvgIpc) is 3.18. The maximum atomic E-state index is 12.5. The molecule has 1 aliphatic rings. The van der Waals surface area contributed by atoms with Crippen molar-refractivity contribution in [2.24, 2.45) is 0 Å². The van der Waals surface area contributed by atoms with Crippen molar-refractivity contribution in [1.82, 2.24) is 9.29 Å². The molecule has 1 saturated heterocycles. The number of aromatic nitrogens is 1. The lowest BCUT2D eigenvalue weighted by Gasteiger charge is -2.20. The molecule has 0 saturated carbocycles. The molecule has 2 aromatic rings. The molecule has 0 bridgehead atoms. The van der Waals surface area contributed by atoms with Crippen molar-refractivity contribution in [3.8, 4) is 11.5 Å². The van der Waals surface area contributed by atoms with Gasteiger partial charge < -0.3 is 14.8 Å². The van der Waals surface area contributed by atoms with Crippen molar-refractivity contribution in [2.75, 3.05) is 32.3 Å². The van der Waals surface area contributed by atoms with E-state index in [0.717, 1.165) is 11.0 Å².